The molecular weight excluding hydrogens is 753 g/mol. The number of nitrogens with zero attached hydrogens (tertiary/aromatic N) is 2. The van der Waals surface area contributed by atoms with Gasteiger partial charge in [-0.25, -0.2) is 0 Å². The summed E-state index contributed by atoms with van der Waals surface area (Å²) >= 11 is 0. The lowest BCUT2D eigenvalue weighted by molar-refractivity contribution is 0.436. The van der Waals surface area contributed by atoms with Gasteiger partial charge in [0.05, 0.1) is 22.1 Å². The number of rotatable bonds is 5. The van der Waals surface area contributed by atoms with Gasteiger partial charge in [-0.2, -0.15) is 0 Å². The third kappa shape index (κ3) is 4.88. The van der Waals surface area contributed by atoms with Crippen LogP contribution in [-0.4, -0.2) is 4.57 Å². The molecule has 62 heavy (non-hydrogen) atoms. The number of aromatic nitrogens is 1. The second-order valence-electron chi connectivity index (χ2n) is 16.4. The minimum atomic E-state index is -0.593. The number of benzene rings is 10. The van der Waals surface area contributed by atoms with Crippen LogP contribution in [0.4, 0.5) is 17.1 Å². The summed E-state index contributed by atoms with van der Waals surface area (Å²) in [6.45, 7) is 0. The predicted octanol–water partition coefficient (Wildman–Crippen LogP) is 15.5. The third-order valence-electron chi connectivity index (χ3n) is 13.2. The van der Waals surface area contributed by atoms with E-state index >= 15 is 0 Å². The van der Waals surface area contributed by atoms with Crippen molar-refractivity contribution in [2.75, 3.05) is 4.90 Å². The van der Waals surface area contributed by atoms with Crippen LogP contribution in [0.1, 0.15) is 22.3 Å². The molecule has 2 heterocycles. The molecule has 0 unspecified atom stereocenters. The molecule has 3 nitrogen and oxygen atoms in total. The number of para-hydroxylation sites is 5. The van der Waals surface area contributed by atoms with E-state index in [1.807, 2.05) is 0 Å². The molecule has 0 N–H and O–H groups in total. The average Bonchev–Trinajstić information content (AvgIpc) is 3.84. The summed E-state index contributed by atoms with van der Waals surface area (Å²) < 4.78 is 9.07. The molecule has 13 rings (SSSR count). The van der Waals surface area contributed by atoms with Gasteiger partial charge in [0.1, 0.15) is 11.5 Å². The summed E-state index contributed by atoms with van der Waals surface area (Å²) in [6.07, 6.45) is 0. The second-order valence-corrected chi connectivity index (χ2v) is 16.4. The molecule has 0 saturated carbocycles. The quantitative estimate of drug-likeness (QED) is 0.173. The van der Waals surface area contributed by atoms with E-state index in [-0.39, 0.29) is 0 Å². The predicted molar refractivity (Wildman–Crippen MR) is 256 cm³/mol. The number of hydrogen-bond acceptors (Lipinski definition) is 2. The normalized spacial score (nSPS) is 13.1. The smallest absolute Gasteiger partial charge is 0.132 e. The Morgan fingerprint density at radius 1 is 0.371 bits per heavy atom. The first-order valence-corrected chi connectivity index (χ1v) is 21.3. The summed E-state index contributed by atoms with van der Waals surface area (Å²) in [4.78, 5) is 2.45. The summed E-state index contributed by atoms with van der Waals surface area (Å²) in [5.74, 6) is 1.78. The van der Waals surface area contributed by atoms with E-state index in [0.29, 0.717) is 0 Å². The standard InChI is InChI=1S/C59H38N2O/c1-3-17-42(18-4-1)60(44-34-30-39(31-35-44)41-33-37-53-47(38-41)46-22-9-12-26-52(46)61(53)43-19-5-2-6-20-43)54-27-15-25-50-58(54)57-45-21-8-7-16-40(45)32-36-51(57)59(50)48-23-10-13-28-55(48)62-56-29-14-11-24-49(56)59/h1-38H. The number of fused-ring (bicyclic) bond motifs is 14. The van der Waals surface area contributed by atoms with Crippen LogP contribution in [0.5, 0.6) is 11.5 Å². The minimum absolute atomic E-state index is 0.593. The number of ether oxygens (including phenoxy) is 1. The van der Waals surface area contributed by atoms with Crippen molar-refractivity contribution in [1.29, 1.82) is 0 Å². The molecule has 10 aromatic carbocycles. The Morgan fingerprint density at radius 3 is 1.73 bits per heavy atom. The van der Waals surface area contributed by atoms with Gasteiger partial charge in [0.15, 0.2) is 0 Å². The van der Waals surface area contributed by atoms with Crippen LogP contribution in [0, 0.1) is 0 Å². The van der Waals surface area contributed by atoms with E-state index < -0.39 is 5.41 Å². The van der Waals surface area contributed by atoms with Crippen LogP contribution < -0.4 is 9.64 Å². The molecule has 1 aliphatic heterocycles. The lowest BCUT2D eigenvalue weighted by Crippen LogP contribution is -2.32. The highest BCUT2D eigenvalue weighted by Gasteiger charge is 2.52. The van der Waals surface area contributed by atoms with Crippen LogP contribution in [0.2, 0.25) is 0 Å². The lowest BCUT2D eigenvalue weighted by atomic mass is 9.66. The maximum absolute atomic E-state index is 6.70. The summed E-state index contributed by atoms with van der Waals surface area (Å²) in [6, 6.07) is 83.8. The molecule has 2 aliphatic rings. The topological polar surface area (TPSA) is 17.4 Å². The molecule has 0 fully saturated rings. The van der Waals surface area contributed by atoms with Crippen LogP contribution in [0.25, 0.3) is 60.5 Å². The van der Waals surface area contributed by atoms with Crippen LogP contribution in [0.15, 0.2) is 231 Å². The monoisotopic (exact) mass is 790 g/mol. The fraction of sp³-hybridized carbons (Fsp3) is 0.0169. The summed E-state index contributed by atoms with van der Waals surface area (Å²) in [5, 5.41) is 4.95. The zero-order valence-corrected chi connectivity index (χ0v) is 33.7. The van der Waals surface area contributed by atoms with Gasteiger partial charge in [0, 0.05) is 44.5 Å². The van der Waals surface area contributed by atoms with Crippen LogP contribution in [-0.2, 0) is 5.41 Å². The molecule has 11 aromatic rings. The molecule has 290 valence electrons. The summed E-state index contributed by atoms with van der Waals surface area (Å²) in [7, 11) is 0. The fourth-order valence-electron chi connectivity index (χ4n) is 10.7. The average molecular weight is 791 g/mol. The van der Waals surface area contributed by atoms with Crippen LogP contribution >= 0.6 is 0 Å². The van der Waals surface area contributed by atoms with Crippen molar-refractivity contribution >= 4 is 49.6 Å². The first-order chi connectivity index (χ1) is 30.8. The van der Waals surface area contributed by atoms with Gasteiger partial charge in [0.2, 0.25) is 0 Å². The van der Waals surface area contributed by atoms with Crippen molar-refractivity contribution in [3.63, 3.8) is 0 Å². The number of hydrogen-bond donors (Lipinski definition) is 0. The van der Waals surface area contributed by atoms with Crippen molar-refractivity contribution in [2.45, 2.75) is 5.41 Å². The maximum Gasteiger partial charge on any atom is 0.132 e. The molecule has 3 heteroatoms. The minimum Gasteiger partial charge on any atom is -0.457 e. The largest absolute Gasteiger partial charge is 0.457 e. The lowest BCUT2D eigenvalue weighted by Gasteiger charge is -2.39. The van der Waals surface area contributed by atoms with E-state index in [1.165, 1.54) is 66.0 Å². The van der Waals surface area contributed by atoms with Crippen molar-refractivity contribution in [3.8, 4) is 39.4 Å². The van der Waals surface area contributed by atoms with E-state index in [9.17, 15) is 0 Å². The zero-order valence-electron chi connectivity index (χ0n) is 33.7. The Morgan fingerprint density at radius 2 is 0.952 bits per heavy atom. The molecule has 1 aromatic heterocycles. The van der Waals surface area contributed by atoms with Crippen molar-refractivity contribution in [2.24, 2.45) is 0 Å². The second kappa shape index (κ2) is 13.4. The van der Waals surface area contributed by atoms with E-state index in [0.717, 1.165) is 45.4 Å². The van der Waals surface area contributed by atoms with Crippen LogP contribution in [0.3, 0.4) is 0 Å². The Kier molecular flexibility index (Phi) is 7.52. The van der Waals surface area contributed by atoms with Gasteiger partial charge in [-0.1, -0.05) is 158 Å². The van der Waals surface area contributed by atoms with E-state index in [1.54, 1.807) is 0 Å². The Bertz CT molecular complexity index is 3500. The number of anilines is 3. The Balaban J connectivity index is 1.02. The molecule has 0 bridgehead atoms. The molecule has 0 amide bonds. The highest BCUT2D eigenvalue weighted by molar-refractivity contribution is 6.11. The summed E-state index contributed by atoms with van der Waals surface area (Å²) in [5.41, 5.74) is 16.0. The Labute approximate surface area is 360 Å². The maximum atomic E-state index is 6.70. The first kappa shape index (κ1) is 34.7. The molecule has 1 aliphatic carbocycles. The third-order valence-corrected chi connectivity index (χ3v) is 13.2. The van der Waals surface area contributed by atoms with Crippen molar-refractivity contribution in [3.05, 3.63) is 253 Å². The van der Waals surface area contributed by atoms with Gasteiger partial charge in [0.25, 0.3) is 0 Å². The molecular formula is C59H38N2O. The van der Waals surface area contributed by atoms with Crippen molar-refractivity contribution < 1.29 is 4.74 Å². The van der Waals surface area contributed by atoms with E-state index in [2.05, 4.69) is 240 Å². The SMILES string of the molecule is c1ccc(N(c2ccc(-c3ccc4c(c3)c3ccccc3n4-c3ccccc3)cc2)c2cccc3c2-c2c(ccc4ccccc24)C32c3ccccc3Oc3ccccc32)cc1. The molecule has 1 spiro atoms. The molecule has 0 atom stereocenters. The first-order valence-electron chi connectivity index (χ1n) is 21.3. The van der Waals surface area contributed by atoms with Gasteiger partial charge in [-0.3, -0.25) is 0 Å². The fourth-order valence-corrected chi connectivity index (χ4v) is 10.7. The highest BCUT2D eigenvalue weighted by Crippen LogP contribution is 2.65. The van der Waals surface area contributed by atoms with Gasteiger partial charge in [-0.15, -0.1) is 0 Å². The van der Waals surface area contributed by atoms with Gasteiger partial charge in [-0.05, 0) is 111 Å². The van der Waals surface area contributed by atoms with Crippen molar-refractivity contribution in [1.82, 2.24) is 4.57 Å². The van der Waals surface area contributed by atoms with Gasteiger partial charge >= 0.3 is 0 Å². The highest BCUT2D eigenvalue weighted by atomic mass is 16.5. The molecule has 0 radical (unpaired) electrons. The molecule has 0 saturated heterocycles. The zero-order chi connectivity index (χ0) is 40.8. The van der Waals surface area contributed by atoms with E-state index in [4.69, 9.17) is 4.74 Å². The van der Waals surface area contributed by atoms with Gasteiger partial charge < -0.3 is 14.2 Å². The Hall–Kier alpha value is -8.14.